The molecule has 0 aromatic carbocycles. The normalized spacial score (nSPS) is 19.4. The number of primary amides is 1. The molecule has 9 nitrogen and oxygen atoms in total. The van der Waals surface area contributed by atoms with Crippen molar-refractivity contribution in [3.63, 3.8) is 0 Å². The maximum atomic E-state index is 11.6. The van der Waals surface area contributed by atoms with Gasteiger partial charge >= 0.3 is 0 Å². The van der Waals surface area contributed by atoms with Crippen LogP contribution in [0.3, 0.4) is 0 Å². The molecular formula is C17H20N8O. The van der Waals surface area contributed by atoms with Crippen molar-refractivity contribution >= 4 is 23.2 Å². The molecule has 2 aromatic heterocycles. The Labute approximate surface area is 150 Å². The summed E-state index contributed by atoms with van der Waals surface area (Å²) in [5.41, 5.74) is 12.4. The van der Waals surface area contributed by atoms with Crippen LogP contribution in [0.15, 0.2) is 24.5 Å². The van der Waals surface area contributed by atoms with Crippen LogP contribution >= 0.6 is 0 Å². The number of amides is 1. The van der Waals surface area contributed by atoms with E-state index in [4.69, 9.17) is 16.7 Å². The molecule has 0 radical (unpaired) electrons. The van der Waals surface area contributed by atoms with E-state index in [0.717, 1.165) is 25.7 Å². The van der Waals surface area contributed by atoms with Gasteiger partial charge in [-0.2, -0.15) is 5.26 Å². The zero-order valence-electron chi connectivity index (χ0n) is 14.1. The average Bonchev–Trinajstić information content (AvgIpc) is 2.64. The summed E-state index contributed by atoms with van der Waals surface area (Å²) >= 11 is 0. The highest BCUT2D eigenvalue weighted by molar-refractivity contribution is 5.96. The zero-order valence-corrected chi connectivity index (χ0v) is 14.1. The predicted octanol–water partition coefficient (Wildman–Crippen LogP) is 1.27. The monoisotopic (exact) mass is 352 g/mol. The zero-order chi connectivity index (χ0) is 18.5. The first-order chi connectivity index (χ1) is 12.6. The third-order valence-corrected chi connectivity index (χ3v) is 4.30. The van der Waals surface area contributed by atoms with E-state index in [2.05, 4.69) is 25.6 Å². The number of aromatic nitrogens is 3. The van der Waals surface area contributed by atoms with Gasteiger partial charge in [-0.1, -0.05) is 12.8 Å². The lowest BCUT2D eigenvalue weighted by molar-refractivity contribution is 0.0996. The molecule has 1 fully saturated rings. The van der Waals surface area contributed by atoms with Crippen molar-refractivity contribution in [2.45, 2.75) is 37.8 Å². The highest BCUT2D eigenvalue weighted by Crippen LogP contribution is 2.23. The van der Waals surface area contributed by atoms with Gasteiger partial charge in [0.1, 0.15) is 17.6 Å². The Morgan fingerprint density at radius 1 is 1.23 bits per heavy atom. The summed E-state index contributed by atoms with van der Waals surface area (Å²) in [6.45, 7) is 0. The number of rotatable bonds is 5. The van der Waals surface area contributed by atoms with Crippen molar-refractivity contribution in [1.82, 2.24) is 15.0 Å². The van der Waals surface area contributed by atoms with Crippen LogP contribution in [0.5, 0.6) is 0 Å². The van der Waals surface area contributed by atoms with Crippen molar-refractivity contribution in [3.05, 3.63) is 35.9 Å². The van der Waals surface area contributed by atoms with Crippen LogP contribution in [0.4, 0.5) is 17.3 Å². The first-order valence-electron chi connectivity index (χ1n) is 8.39. The topological polar surface area (TPSA) is 156 Å². The number of pyridine rings is 1. The van der Waals surface area contributed by atoms with E-state index in [-0.39, 0.29) is 23.6 Å². The number of anilines is 3. The molecule has 134 valence electrons. The number of nitriles is 1. The molecule has 9 heteroatoms. The fourth-order valence-corrected chi connectivity index (χ4v) is 2.93. The molecular weight excluding hydrogens is 332 g/mol. The summed E-state index contributed by atoms with van der Waals surface area (Å²) in [6, 6.07) is 5.33. The fraction of sp³-hybridized carbons (Fsp3) is 0.353. The first kappa shape index (κ1) is 17.6. The lowest BCUT2D eigenvalue weighted by atomic mass is 9.91. The Morgan fingerprint density at radius 2 is 2.04 bits per heavy atom. The number of nitrogens with zero attached hydrogens (tertiary/aromatic N) is 4. The highest BCUT2D eigenvalue weighted by Gasteiger charge is 2.22. The van der Waals surface area contributed by atoms with Gasteiger partial charge in [-0.3, -0.25) is 4.79 Å². The molecule has 1 saturated carbocycles. The SMILES string of the molecule is N#Cc1ccc(Nc2nc(NC3CCCCC3N)cnc2C(N)=O)cn1. The average molecular weight is 352 g/mol. The summed E-state index contributed by atoms with van der Waals surface area (Å²) in [5.74, 6) is 0.0439. The van der Waals surface area contributed by atoms with E-state index in [0.29, 0.717) is 17.2 Å². The number of carbonyl (C=O) groups excluding carboxylic acids is 1. The largest absolute Gasteiger partial charge is 0.364 e. The third-order valence-electron chi connectivity index (χ3n) is 4.30. The van der Waals surface area contributed by atoms with E-state index >= 15 is 0 Å². The molecule has 0 aliphatic heterocycles. The molecule has 0 saturated heterocycles. The maximum absolute atomic E-state index is 11.6. The number of hydrogen-bond donors (Lipinski definition) is 4. The molecule has 2 atom stereocenters. The fourth-order valence-electron chi connectivity index (χ4n) is 2.93. The molecule has 1 amide bonds. The minimum atomic E-state index is -0.692. The number of nitrogens with two attached hydrogens (primary N) is 2. The summed E-state index contributed by atoms with van der Waals surface area (Å²) in [4.78, 5) is 24.2. The van der Waals surface area contributed by atoms with Crippen molar-refractivity contribution in [2.75, 3.05) is 10.6 Å². The predicted molar refractivity (Wildman–Crippen MR) is 96.6 cm³/mol. The van der Waals surface area contributed by atoms with E-state index in [1.54, 1.807) is 12.1 Å². The van der Waals surface area contributed by atoms with Crippen LogP contribution in [0.25, 0.3) is 0 Å². The first-order valence-corrected chi connectivity index (χ1v) is 8.39. The summed E-state index contributed by atoms with van der Waals surface area (Å²) in [6.07, 6.45) is 7.12. The van der Waals surface area contributed by atoms with E-state index in [1.807, 2.05) is 6.07 Å². The minimum Gasteiger partial charge on any atom is -0.364 e. The standard InChI is InChI=1S/C17H20N8O/c18-7-10-5-6-11(8-21-10)23-17-15(16(20)26)22-9-14(25-17)24-13-4-2-1-3-12(13)19/h5-6,8-9,12-13H,1-4,19H2,(H2,20,26)(H2,23,24,25). The number of hydrogen-bond acceptors (Lipinski definition) is 8. The molecule has 2 unspecified atom stereocenters. The summed E-state index contributed by atoms with van der Waals surface area (Å²) in [7, 11) is 0. The smallest absolute Gasteiger partial charge is 0.271 e. The van der Waals surface area contributed by atoms with Gasteiger partial charge in [0, 0.05) is 12.1 Å². The van der Waals surface area contributed by atoms with Crippen LogP contribution in [-0.2, 0) is 0 Å². The van der Waals surface area contributed by atoms with Gasteiger partial charge in [0.2, 0.25) is 0 Å². The Bertz CT molecular complexity index is 830. The van der Waals surface area contributed by atoms with Crippen molar-refractivity contribution < 1.29 is 4.79 Å². The van der Waals surface area contributed by atoms with Gasteiger partial charge < -0.3 is 22.1 Å². The van der Waals surface area contributed by atoms with Gasteiger partial charge in [0.15, 0.2) is 11.5 Å². The molecule has 2 heterocycles. The summed E-state index contributed by atoms with van der Waals surface area (Å²) < 4.78 is 0. The van der Waals surface area contributed by atoms with Crippen molar-refractivity contribution in [3.8, 4) is 6.07 Å². The van der Waals surface area contributed by atoms with Crippen LogP contribution in [0.1, 0.15) is 41.9 Å². The lowest BCUT2D eigenvalue weighted by Gasteiger charge is -2.29. The Morgan fingerprint density at radius 3 is 2.69 bits per heavy atom. The van der Waals surface area contributed by atoms with Crippen LogP contribution < -0.4 is 22.1 Å². The molecule has 6 N–H and O–H groups in total. The van der Waals surface area contributed by atoms with Gasteiger partial charge in [-0.15, -0.1) is 0 Å². The van der Waals surface area contributed by atoms with E-state index in [1.165, 1.54) is 12.4 Å². The second kappa shape index (κ2) is 7.76. The van der Waals surface area contributed by atoms with Crippen LogP contribution in [-0.4, -0.2) is 32.9 Å². The molecule has 0 bridgehead atoms. The van der Waals surface area contributed by atoms with Gasteiger partial charge in [0.05, 0.1) is 18.1 Å². The molecule has 1 aliphatic rings. The second-order valence-corrected chi connectivity index (χ2v) is 6.18. The maximum Gasteiger partial charge on any atom is 0.271 e. The van der Waals surface area contributed by atoms with Crippen molar-refractivity contribution in [2.24, 2.45) is 11.5 Å². The minimum absolute atomic E-state index is 0.0212. The van der Waals surface area contributed by atoms with Gasteiger partial charge in [-0.05, 0) is 25.0 Å². The Hall–Kier alpha value is -3.25. The van der Waals surface area contributed by atoms with E-state index in [9.17, 15) is 4.79 Å². The number of carbonyl (C=O) groups is 1. The molecule has 26 heavy (non-hydrogen) atoms. The van der Waals surface area contributed by atoms with Crippen LogP contribution in [0, 0.1) is 11.3 Å². The Balaban J connectivity index is 1.83. The highest BCUT2D eigenvalue weighted by atomic mass is 16.1. The van der Waals surface area contributed by atoms with Gasteiger partial charge in [-0.25, -0.2) is 15.0 Å². The van der Waals surface area contributed by atoms with E-state index < -0.39 is 5.91 Å². The quantitative estimate of drug-likeness (QED) is 0.626. The number of nitrogens with one attached hydrogen (secondary N) is 2. The third kappa shape index (κ3) is 4.04. The lowest BCUT2D eigenvalue weighted by Crippen LogP contribution is -2.42. The van der Waals surface area contributed by atoms with Crippen LogP contribution in [0.2, 0.25) is 0 Å². The Kier molecular flexibility index (Phi) is 5.24. The van der Waals surface area contributed by atoms with Gasteiger partial charge in [0.25, 0.3) is 5.91 Å². The molecule has 2 aromatic rings. The summed E-state index contributed by atoms with van der Waals surface area (Å²) in [5, 5.41) is 15.1. The second-order valence-electron chi connectivity index (χ2n) is 6.18. The molecule has 0 spiro atoms. The molecule has 1 aliphatic carbocycles. The molecule has 3 rings (SSSR count). The van der Waals surface area contributed by atoms with Crippen molar-refractivity contribution in [1.29, 1.82) is 5.26 Å².